The van der Waals surface area contributed by atoms with E-state index in [1.165, 1.54) is 14.2 Å². The maximum atomic E-state index is 12.9. The van der Waals surface area contributed by atoms with Crippen LogP contribution in [0.4, 0.5) is 5.69 Å². The number of nitrogens with one attached hydrogen (secondary N) is 2. The number of carbonyl (C=O) groups is 1. The van der Waals surface area contributed by atoms with Gasteiger partial charge in [0.05, 0.1) is 23.3 Å². The van der Waals surface area contributed by atoms with E-state index in [1.807, 2.05) is 0 Å². The van der Waals surface area contributed by atoms with Crippen molar-refractivity contribution in [2.45, 2.75) is 37.0 Å². The number of carbonyl (C=O) groups excluding carboxylic acids is 1. The van der Waals surface area contributed by atoms with E-state index in [0.29, 0.717) is 19.4 Å². The largest absolute Gasteiger partial charge is 0.496 e. The van der Waals surface area contributed by atoms with E-state index >= 15 is 0 Å². The molecule has 0 bridgehead atoms. The molecule has 2 rings (SSSR count). The molecule has 1 heterocycles. The van der Waals surface area contributed by atoms with Gasteiger partial charge in [0.2, 0.25) is 10.0 Å². The molecule has 1 aliphatic heterocycles. The van der Waals surface area contributed by atoms with Gasteiger partial charge in [-0.05, 0) is 57.0 Å². The molecule has 0 saturated carbocycles. The number of hydrogen-bond donors (Lipinski definition) is 2. The summed E-state index contributed by atoms with van der Waals surface area (Å²) < 4.78 is 69.8. The quantitative estimate of drug-likeness (QED) is 0.358. The first kappa shape index (κ1) is 15.6. The predicted octanol–water partition coefficient (Wildman–Crippen LogP) is 2.15. The molecule has 1 saturated heterocycles. The number of rotatable bonds is 9. The second-order valence-corrected chi connectivity index (χ2v) is 7.93. The fourth-order valence-corrected chi connectivity index (χ4v) is 3.96. The molecule has 1 amide bonds. The monoisotopic (exact) mass is 420 g/mol. The zero-order valence-corrected chi connectivity index (χ0v) is 16.4. The lowest BCUT2D eigenvalue weighted by Gasteiger charge is -2.24. The van der Waals surface area contributed by atoms with Gasteiger partial charge in [0.1, 0.15) is 5.75 Å². The van der Waals surface area contributed by atoms with Gasteiger partial charge in [0.25, 0.3) is 5.91 Å². The number of likely N-dealkylation sites (tertiary alicyclic amines) is 1. The van der Waals surface area contributed by atoms with Gasteiger partial charge in [-0.2, -0.15) is 0 Å². The van der Waals surface area contributed by atoms with Crippen LogP contribution < -0.4 is 14.8 Å². The van der Waals surface area contributed by atoms with Gasteiger partial charge in [0.15, 0.2) is 0 Å². The van der Waals surface area contributed by atoms with Gasteiger partial charge < -0.3 is 10.1 Å². The number of hydrogen-bond acceptors (Lipinski definition) is 6. The van der Waals surface area contributed by atoms with E-state index in [0.717, 1.165) is 12.1 Å². The molecule has 1 aromatic rings. The summed E-state index contributed by atoms with van der Waals surface area (Å²) in [4.78, 5) is 16.8. The Balaban J connectivity index is 2.26. The van der Waals surface area contributed by atoms with Gasteiger partial charge in [-0.25, -0.2) is 13.1 Å². The average molecular weight is 421 g/mol. The number of azide groups is 1. The molecule has 2 N–H and O–H groups in total. The zero-order chi connectivity index (χ0) is 25.0. The van der Waals surface area contributed by atoms with Crippen molar-refractivity contribution in [3.63, 3.8) is 0 Å². The molecule has 0 aromatic heterocycles. The first-order chi connectivity index (χ1) is 15.3. The third-order valence-corrected chi connectivity index (χ3v) is 5.96. The van der Waals surface area contributed by atoms with Crippen LogP contribution in [0.5, 0.6) is 5.75 Å². The van der Waals surface area contributed by atoms with Crippen molar-refractivity contribution >= 4 is 21.6 Å². The molecule has 154 valence electrons. The van der Waals surface area contributed by atoms with Crippen LogP contribution in [-0.2, 0) is 10.0 Å². The molecule has 0 spiro atoms. The summed E-state index contributed by atoms with van der Waals surface area (Å²) in [6.07, 6.45) is -1.06. The van der Waals surface area contributed by atoms with Crippen LogP contribution >= 0.6 is 0 Å². The maximum Gasteiger partial charge on any atom is 0.255 e. The minimum atomic E-state index is -4.06. The first-order valence-corrected chi connectivity index (χ1v) is 9.98. The Bertz CT molecular complexity index is 1040. The van der Waals surface area contributed by atoms with Crippen LogP contribution in [0.1, 0.15) is 43.3 Å². The fraction of sp³-hybridized carbons (Fsp3) is 0.588. The molecule has 10 nitrogen and oxygen atoms in total. The molecular formula is C17H26N6O4S. The Morgan fingerprint density at radius 2 is 2.36 bits per heavy atom. The topological polar surface area (TPSA) is 136 Å². The van der Waals surface area contributed by atoms with Gasteiger partial charge >= 0.3 is 0 Å². The van der Waals surface area contributed by atoms with Gasteiger partial charge in [-0.1, -0.05) is 12.0 Å². The Hall–Kier alpha value is -2.33. The minimum absolute atomic E-state index is 0.00744. The number of methoxy groups -OCH3 is 1. The van der Waals surface area contributed by atoms with E-state index in [9.17, 15) is 13.2 Å². The highest BCUT2D eigenvalue weighted by atomic mass is 32.2. The minimum Gasteiger partial charge on any atom is -0.496 e. The number of ether oxygens (including phenoxy) is 1. The summed E-state index contributed by atoms with van der Waals surface area (Å²) in [5, 5.41) is 6.04. The van der Waals surface area contributed by atoms with Crippen LogP contribution in [0, 0.1) is 0 Å². The number of benzene rings is 1. The average Bonchev–Trinajstić information content (AvgIpc) is 3.17. The van der Waals surface area contributed by atoms with Gasteiger partial charge in [-0.3, -0.25) is 9.69 Å². The SMILES string of the molecule is [3H]C([3H])([3H])C([3H])([3H])CN1CCC[C@H]1CNC(=O)c1cc(S(=O)(=O)NC)c(N=[N+]=[N-])cc1OC. The summed E-state index contributed by atoms with van der Waals surface area (Å²) in [7, 11) is -1.62. The molecule has 28 heavy (non-hydrogen) atoms. The molecule has 11 heteroatoms. The molecule has 1 atom stereocenters. The Labute approximate surface area is 171 Å². The molecule has 1 fully saturated rings. The Morgan fingerprint density at radius 1 is 1.57 bits per heavy atom. The van der Waals surface area contributed by atoms with Gasteiger partial charge in [0, 0.05) is 24.4 Å². The lowest BCUT2D eigenvalue weighted by Crippen LogP contribution is -2.40. The zero-order valence-electron chi connectivity index (χ0n) is 20.6. The lowest BCUT2D eigenvalue weighted by molar-refractivity contribution is 0.0937. The third kappa shape index (κ3) is 4.93. The van der Waals surface area contributed by atoms with Crippen molar-refractivity contribution in [2.75, 3.05) is 33.8 Å². The molecule has 0 radical (unpaired) electrons. The van der Waals surface area contributed by atoms with E-state index in [4.69, 9.17) is 17.1 Å². The third-order valence-electron chi connectivity index (χ3n) is 4.52. The highest BCUT2D eigenvalue weighted by Gasteiger charge is 2.26. The summed E-state index contributed by atoms with van der Waals surface area (Å²) in [6.45, 7) is -2.51. The summed E-state index contributed by atoms with van der Waals surface area (Å²) in [5.74, 6) is -0.662. The highest BCUT2D eigenvalue weighted by Crippen LogP contribution is 2.32. The molecule has 0 aliphatic carbocycles. The summed E-state index contributed by atoms with van der Waals surface area (Å²) in [5.41, 5.74) is 8.39. The van der Waals surface area contributed by atoms with Crippen LogP contribution in [-0.4, -0.2) is 59.1 Å². The number of amides is 1. The lowest BCUT2D eigenvalue weighted by atomic mass is 10.1. The van der Waals surface area contributed by atoms with Crippen molar-refractivity contribution in [1.29, 1.82) is 0 Å². The summed E-state index contributed by atoms with van der Waals surface area (Å²) in [6, 6.07) is 1.90. The van der Waals surface area contributed by atoms with E-state index in [2.05, 4.69) is 20.1 Å². The summed E-state index contributed by atoms with van der Waals surface area (Å²) >= 11 is 0. The fourth-order valence-electron chi connectivity index (χ4n) is 3.09. The van der Waals surface area contributed by atoms with Crippen LogP contribution in [0.2, 0.25) is 0 Å². The Kier molecular flexibility index (Phi) is 5.42. The number of sulfonamides is 1. The second-order valence-electron chi connectivity index (χ2n) is 6.07. The molecule has 0 unspecified atom stereocenters. The van der Waals surface area contributed by atoms with E-state index in [-0.39, 0.29) is 36.1 Å². The second kappa shape index (κ2) is 9.74. The van der Waals surface area contributed by atoms with Crippen molar-refractivity contribution in [2.24, 2.45) is 5.11 Å². The van der Waals surface area contributed by atoms with Crippen molar-refractivity contribution < 1.29 is 24.8 Å². The first-order valence-electron chi connectivity index (χ1n) is 11.0. The standard InChI is InChI=1S/C17H26N6O4S/c1-4-7-23-8-5-6-12(23)11-20-17(24)13-9-16(28(25,26)19-2)14(21-22-18)10-15(13)27-3/h9-10,12,19H,4-8,11H2,1-3H3,(H,20,24)/t12-/m0/s1/i1T3,4T2. The van der Waals surface area contributed by atoms with Crippen LogP contribution in [0.3, 0.4) is 0 Å². The van der Waals surface area contributed by atoms with Crippen molar-refractivity contribution in [1.82, 2.24) is 14.9 Å². The molecule has 1 aliphatic rings. The highest BCUT2D eigenvalue weighted by molar-refractivity contribution is 7.89. The normalized spacial score (nSPS) is 20.8. The van der Waals surface area contributed by atoms with Crippen molar-refractivity contribution in [3.05, 3.63) is 28.1 Å². The molecular weight excluding hydrogens is 384 g/mol. The number of nitrogens with zero attached hydrogens (tertiary/aromatic N) is 4. The predicted molar refractivity (Wildman–Crippen MR) is 105 cm³/mol. The molecule has 1 aromatic carbocycles. The Morgan fingerprint density at radius 3 is 3.00 bits per heavy atom. The van der Waals surface area contributed by atoms with Crippen molar-refractivity contribution in [3.8, 4) is 5.75 Å². The van der Waals surface area contributed by atoms with Crippen LogP contribution in [0.25, 0.3) is 10.4 Å². The van der Waals surface area contributed by atoms with Gasteiger partial charge in [-0.15, -0.1) is 0 Å². The van der Waals surface area contributed by atoms with E-state index < -0.39 is 34.1 Å². The maximum absolute atomic E-state index is 12.9. The van der Waals surface area contributed by atoms with E-state index in [1.54, 1.807) is 4.90 Å². The van der Waals surface area contributed by atoms with Crippen LogP contribution in [0.15, 0.2) is 22.1 Å². The smallest absolute Gasteiger partial charge is 0.255 e.